The van der Waals surface area contributed by atoms with E-state index in [1.807, 2.05) is 22.6 Å². The molecule has 0 radical (unpaired) electrons. The molecule has 3 aromatic heterocycles. The summed E-state index contributed by atoms with van der Waals surface area (Å²) in [7, 11) is 0. The quantitative estimate of drug-likeness (QED) is 0.423. The number of amides is 1. The Labute approximate surface area is 193 Å². The predicted octanol–water partition coefficient (Wildman–Crippen LogP) is 4.22. The summed E-state index contributed by atoms with van der Waals surface area (Å²) in [5.41, 5.74) is 2.95. The van der Waals surface area contributed by atoms with E-state index in [1.165, 1.54) is 22.2 Å². The number of ether oxygens (including phenoxy) is 2. The van der Waals surface area contributed by atoms with E-state index >= 15 is 0 Å². The molecule has 0 spiro atoms. The van der Waals surface area contributed by atoms with Crippen LogP contribution in [-0.2, 0) is 11.3 Å². The molecule has 1 aliphatic heterocycles. The second-order valence-corrected chi connectivity index (χ2v) is 10.1. The first-order valence-electron chi connectivity index (χ1n) is 10.3. The van der Waals surface area contributed by atoms with E-state index in [4.69, 9.17) is 14.5 Å². The number of fused-ring (bicyclic) bond motifs is 4. The van der Waals surface area contributed by atoms with Gasteiger partial charge in [0.1, 0.15) is 10.7 Å². The van der Waals surface area contributed by atoms with Crippen LogP contribution in [0.1, 0.15) is 41.6 Å². The summed E-state index contributed by atoms with van der Waals surface area (Å²) in [5, 5.41) is 13.5. The number of thiophene rings is 1. The summed E-state index contributed by atoms with van der Waals surface area (Å²) >= 11 is 3.05. The lowest BCUT2D eigenvalue weighted by Crippen LogP contribution is -2.24. The van der Waals surface area contributed by atoms with Crippen molar-refractivity contribution >= 4 is 44.9 Å². The van der Waals surface area contributed by atoms with Crippen molar-refractivity contribution in [2.75, 3.05) is 12.5 Å². The average Bonchev–Trinajstić information content (AvgIpc) is 3.47. The normalized spacial score (nSPS) is 12.9. The van der Waals surface area contributed by atoms with Gasteiger partial charge in [0.2, 0.25) is 12.7 Å². The summed E-state index contributed by atoms with van der Waals surface area (Å²) in [6.07, 6.45) is 0. The van der Waals surface area contributed by atoms with Crippen LogP contribution in [0.2, 0.25) is 0 Å². The molecule has 4 aromatic rings. The van der Waals surface area contributed by atoms with Gasteiger partial charge in [-0.15, -0.1) is 21.5 Å². The topological polar surface area (TPSA) is 90.6 Å². The summed E-state index contributed by atoms with van der Waals surface area (Å²) < 4.78 is 12.7. The molecule has 8 nitrogen and oxygen atoms in total. The van der Waals surface area contributed by atoms with Crippen molar-refractivity contribution < 1.29 is 14.3 Å². The molecule has 5 rings (SSSR count). The highest BCUT2D eigenvalue weighted by atomic mass is 32.2. The molecular formula is C22H23N5O3S2. The number of nitrogens with one attached hydrogen (secondary N) is 1. The Morgan fingerprint density at radius 2 is 2.06 bits per heavy atom. The number of hydrogen-bond acceptors (Lipinski definition) is 8. The van der Waals surface area contributed by atoms with Gasteiger partial charge in [-0.05, 0) is 37.1 Å². The maximum atomic E-state index is 12.5. The van der Waals surface area contributed by atoms with Crippen molar-refractivity contribution in [3.8, 4) is 11.5 Å². The van der Waals surface area contributed by atoms with Crippen LogP contribution in [0, 0.1) is 13.8 Å². The molecule has 0 bridgehead atoms. The predicted molar refractivity (Wildman–Crippen MR) is 125 cm³/mol. The van der Waals surface area contributed by atoms with E-state index in [1.54, 1.807) is 11.3 Å². The van der Waals surface area contributed by atoms with E-state index in [0.717, 1.165) is 33.0 Å². The first kappa shape index (κ1) is 21.0. The van der Waals surface area contributed by atoms with Gasteiger partial charge in [0, 0.05) is 17.3 Å². The Bertz CT molecular complexity index is 1340. The van der Waals surface area contributed by atoms with Crippen LogP contribution in [0.15, 0.2) is 23.4 Å². The SMILES string of the molecule is Cc1sc2nc(C(C)C)n3c(SCC(=O)NCc4ccc5c(c4)OCO5)nnc3c2c1C. The van der Waals surface area contributed by atoms with E-state index in [2.05, 4.69) is 43.2 Å². The number of aryl methyl sites for hydroxylation is 2. The molecular weight excluding hydrogens is 446 g/mol. The third-order valence-electron chi connectivity index (χ3n) is 5.44. The Hall–Kier alpha value is -2.85. The zero-order chi connectivity index (χ0) is 22.4. The molecule has 10 heteroatoms. The molecule has 1 aromatic carbocycles. The first-order valence-corrected chi connectivity index (χ1v) is 12.2. The minimum absolute atomic E-state index is 0.0768. The molecule has 0 atom stereocenters. The van der Waals surface area contributed by atoms with Crippen LogP contribution in [-0.4, -0.2) is 38.0 Å². The van der Waals surface area contributed by atoms with Gasteiger partial charge in [-0.25, -0.2) is 4.98 Å². The summed E-state index contributed by atoms with van der Waals surface area (Å²) in [5.74, 6) is 2.70. The molecule has 166 valence electrons. The van der Waals surface area contributed by atoms with Crippen LogP contribution < -0.4 is 14.8 Å². The number of hydrogen-bond donors (Lipinski definition) is 1. The van der Waals surface area contributed by atoms with Gasteiger partial charge < -0.3 is 14.8 Å². The number of carbonyl (C=O) groups excluding carboxylic acids is 1. The minimum atomic E-state index is -0.0768. The maximum absolute atomic E-state index is 12.5. The number of aromatic nitrogens is 4. The Morgan fingerprint density at radius 3 is 2.88 bits per heavy atom. The molecule has 0 saturated carbocycles. The van der Waals surface area contributed by atoms with Crippen molar-refractivity contribution in [2.45, 2.75) is 45.3 Å². The zero-order valence-corrected chi connectivity index (χ0v) is 19.9. The Balaban J connectivity index is 1.34. The molecule has 0 saturated heterocycles. The standard InChI is InChI=1S/C22H23N5O3S2/c1-11(2)19-24-21-18(12(3)13(4)32-21)20-25-26-22(27(19)20)31-9-17(28)23-8-14-5-6-15-16(7-14)30-10-29-15/h5-7,11H,8-10H2,1-4H3,(H,23,28). The molecule has 0 aliphatic carbocycles. The maximum Gasteiger partial charge on any atom is 0.231 e. The summed E-state index contributed by atoms with van der Waals surface area (Å²) in [4.78, 5) is 19.6. The van der Waals surface area contributed by atoms with Crippen molar-refractivity contribution in [1.29, 1.82) is 0 Å². The number of benzene rings is 1. The van der Waals surface area contributed by atoms with Crippen LogP contribution >= 0.6 is 23.1 Å². The zero-order valence-electron chi connectivity index (χ0n) is 18.3. The van der Waals surface area contributed by atoms with Crippen molar-refractivity contribution in [3.63, 3.8) is 0 Å². The monoisotopic (exact) mass is 469 g/mol. The lowest BCUT2D eigenvalue weighted by Gasteiger charge is -2.10. The van der Waals surface area contributed by atoms with Crippen LogP contribution in [0.5, 0.6) is 11.5 Å². The van der Waals surface area contributed by atoms with Crippen molar-refractivity contribution in [2.24, 2.45) is 0 Å². The van der Waals surface area contributed by atoms with E-state index in [9.17, 15) is 4.79 Å². The fourth-order valence-corrected chi connectivity index (χ4v) is 5.46. The highest BCUT2D eigenvalue weighted by Crippen LogP contribution is 2.35. The number of nitrogens with zero attached hydrogens (tertiary/aromatic N) is 4. The average molecular weight is 470 g/mol. The lowest BCUT2D eigenvalue weighted by atomic mass is 10.2. The van der Waals surface area contributed by atoms with Crippen molar-refractivity contribution in [1.82, 2.24) is 24.9 Å². The highest BCUT2D eigenvalue weighted by molar-refractivity contribution is 7.99. The molecule has 0 unspecified atom stereocenters. The van der Waals surface area contributed by atoms with Crippen LogP contribution in [0.3, 0.4) is 0 Å². The van der Waals surface area contributed by atoms with Gasteiger partial charge in [-0.2, -0.15) is 0 Å². The highest BCUT2D eigenvalue weighted by Gasteiger charge is 2.21. The van der Waals surface area contributed by atoms with Crippen LogP contribution in [0.25, 0.3) is 15.9 Å². The largest absolute Gasteiger partial charge is 0.454 e. The van der Waals surface area contributed by atoms with E-state index in [0.29, 0.717) is 17.5 Å². The number of rotatable bonds is 6. The summed E-state index contributed by atoms with van der Waals surface area (Å²) in [6, 6.07) is 5.67. The second kappa shape index (κ2) is 8.25. The Kier molecular flexibility index (Phi) is 5.42. The molecule has 4 heterocycles. The van der Waals surface area contributed by atoms with Gasteiger partial charge in [-0.3, -0.25) is 9.20 Å². The van der Waals surface area contributed by atoms with Gasteiger partial charge in [0.15, 0.2) is 22.3 Å². The second-order valence-electron chi connectivity index (χ2n) is 7.98. The van der Waals surface area contributed by atoms with E-state index < -0.39 is 0 Å². The smallest absolute Gasteiger partial charge is 0.231 e. The fourth-order valence-electron chi connectivity index (χ4n) is 3.66. The van der Waals surface area contributed by atoms with Gasteiger partial charge in [-0.1, -0.05) is 31.7 Å². The van der Waals surface area contributed by atoms with Gasteiger partial charge >= 0.3 is 0 Å². The van der Waals surface area contributed by atoms with Crippen molar-refractivity contribution in [3.05, 3.63) is 40.0 Å². The first-order chi connectivity index (χ1) is 15.4. The number of carbonyl (C=O) groups is 1. The molecule has 0 fully saturated rings. The third-order valence-corrected chi connectivity index (χ3v) is 7.47. The molecule has 1 N–H and O–H groups in total. The molecule has 1 aliphatic rings. The molecule has 32 heavy (non-hydrogen) atoms. The van der Waals surface area contributed by atoms with E-state index in [-0.39, 0.29) is 24.4 Å². The minimum Gasteiger partial charge on any atom is -0.454 e. The third kappa shape index (κ3) is 3.67. The Morgan fingerprint density at radius 1 is 1.25 bits per heavy atom. The fraction of sp³-hybridized carbons (Fsp3) is 0.364. The summed E-state index contributed by atoms with van der Waals surface area (Å²) in [6.45, 7) is 9.06. The molecule has 1 amide bonds. The number of thioether (sulfide) groups is 1. The van der Waals surface area contributed by atoms with Gasteiger partial charge in [0.05, 0.1) is 11.1 Å². The van der Waals surface area contributed by atoms with Crippen LogP contribution in [0.4, 0.5) is 0 Å². The van der Waals surface area contributed by atoms with Gasteiger partial charge in [0.25, 0.3) is 0 Å². The lowest BCUT2D eigenvalue weighted by molar-refractivity contribution is -0.118.